The zero-order chi connectivity index (χ0) is 19.2. The number of carbonyl (C=O) groups is 2. The van der Waals surface area contributed by atoms with Gasteiger partial charge in [-0.2, -0.15) is 0 Å². The largest absolute Gasteiger partial charge is 0.495 e. The highest BCUT2D eigenvalue weighted by atomic mass is 35.5. The lowest BCUT2D eigenvalue weighted by atomic mass is 10.2. The van der Waals surface area contributed by atoms with Crippen molar-refractivity contribution in [2.75, 3.05) is 17.9 Å². The van der Waals surface area contributed by atoms with Gasteiger partial charge in [0.05, 0.1) is 17.8 Å². The Hall–Kier alpha value is -2.71. The van der Waals surface area contributed by atoms with Gasteiger partial charge in [0.2, 0.25) is 11.8 Å². The molecular formula is C18H17ClN4O3S. The number of para-hydroxylation sites is 1. The molecule has 1 aliphatic heterocycles. The maximum atomic E-state index is 12.2. The van der Waals surface area contributed by atoms with Crippen LogP contribution >= 0.6 is 23.4 Å². The van der Waals surface area contributed by atoms with E-state index in [-0.39, 0.29) is 18.2 Å². The molecule has 1 fully saturated rings. The Labute approximate surface area is 165 Å². The number of anilines is 2. The summed E-state index contributed by atoms with van der Waals surface area (Å²) < 4.78 is 5.07. The Balaban J connectivity index is 1.55. The summed E-state index contributed by atoms with van der Waals surface area (Å²) in [7, 11) is 1.52. The number of benzene rings is 2. The molecule has 2 amide bonds. The average Bonchev–Trinajstić information content (AvgIpc) is 3.00. The minimum atomic E-state index is -0.546. The molecule has 1 aliphatic rings. The number of hydrazone groups is 1. The van der Waals surface area contributed by atoms with Gasteiger partial charge in [0.15, 0.2) is 5.17 Å². The third kappa shape index (κ3) is 5.15. The average molecular weight is 405 g/mol. The summed E-state index contributed by atoms with van der Waals surface area (Å²) in [5.41, 5.74) is 4.20. The lowest BCUT2D eigenvalue weighted by Gasteiger charge is -2.09. The molecule has 140 valence electrons. The van der Waals surface area contributed by atoms with Crippen molar-refractivity contribution >= 4 is 51.7 Å². The van der Waals surface area contributed by atoms with Gasteiger partial charge in [-0.15, -0.1) is 5.10 Å². The topological polar surface area (TPSA) is 91.8 Å². The molecule has 0 spiro atoms. The number of amidine groups is 1. The van der Waals surface area contributed by atoms with Crippen LogP contribution in [0.2, 0.25) is 5.02 Å². The molecule has 0 bridgehead atoms. The van der Waals surface area contributed by atoms with Crippen LogP contribution in [0.5, 0.6) is 5.75 Å². The van der Waals surface area contributed by atoms with Crippen LogP contribution in [0.25, 0.3) is 0 Å². The van der Waals surface area contributed by atoms with Crippen molar-refractivity contribution in [3.05, 3.63) is 53.6 Å². The second-order valence-electron chi connectivity index (χ2n) is 5.59. The predicted octanol–water partition coefficient (Wildman–Crippen LogP) is 3.29. The number of rotatable bonds is 6. The molecule has 1 saturated heterocycles. The molecule has 0 aromatic heterocycles. The van der Waals surface area contributed by atoms with Crippen LogP contribution in [0.3, 0.4) is 0 Å². The molecule has 0 saturated carbocycles. The molecule has 7 nitrogen and oxygen atoms in total. The monoisotopic (exact) mass is 404 g/mol. The second-order valence-corrected chi connectivity index (χ2v) is 7.19. The minimum Gasteiger partial charge on any atom is -0.495 e. The molecular weight excluding hydrogens is 388 g/mol. The summed E-state index contributed by atoms with van der Waals surface area (Å²) in [6, 6.07) is 14.3. The third-order valence-electron chi connectivity index (χ3n) is 3.64. The van der Waals surface area contributed by atoms with E-state index in [9.17, 15) is 9.59 Å². The molecule has 3 rings (SSSR count). The van der Waals surface area contributed by atoms with E-state index < -0.39 is 5.25 Å². The van der Waals surface area contributed by atoms with Crippen LogP contribution in [0.1, 0.15) is 6.42 Å². The Morgan fingerprint density at radius 1 is 1.26 bits per heavy atom. The first-order valence-corrected chi connectivity index (χ1v) is 9.30. The number of carbonyl (C=O) groups excluding carboxylic acids is 2. The Morgan fingerprint density at radius 3 is 2.74 bits per heavy atom. The molecule has 1 atom stereocenters. The number of thioether (sulfide) groups is 1. The Morgan fingerprint density at radius 2 is 2.04 bits per heavy atom. The van der Waals surface area contributed by atoms with E-state index in [1.54, 1.807) is 18.2 Å². The van der Waals surface area contributed by atoms with Crippen LogP contribution in [0.4, 0.5) is 11.4 Å². The van der Waals surface area contributed by atoms with Crippen molar-refractivity contribution < 1.29 is 14.3 Å². The van der Waals surface area contributed by atoms with E-state index in [1.165, 1.54) is 18.9 Å². The second kappa shape index (κ2) is 8.79. The molecule has 27 heavy (non-hydrogen) atoms. The smallest absolute Gasteiger partial charge is 0.240 e. The first kappa shape index (κ1) is 19.1. The highest BCUT2D eigenvalue weighted by Crippen LogP contribution is 2.28. The molecule has 0 aliphatic carbocycles. The number of hydrogen-bond acceptors (Lipinski definition) is 6. The number of nitrogens with one attached hydrogen (secondary N) is 3. The number of ether oxygens (including phenoxy) is 1. The minimum absolute atomic E-state index is 0.0184. The SMILES string of the molecule is COc1ccc(NC(=O)C[C@@H]2S/C(=N/Nc3ccccc3)NC2=O)cc1Cl. The highest BCUT2D eigenvalue weighted by molar-refractivity contribution is 8.15. The van der Waals surface area contributed by atoms with Gasteiger partial charge in [0, 0.05) is 12.1 Å². The molecule has 2 aromatic rings. The lowest BCUT2D eigenvalue weighted by molar-refractivity contribution is -0.122. The molecule has 0 radical (unpaired) electrons. The van der Waals surface area contributed by atoms with Gasteiger partial charge in [-0.25, -0.2) is 0 Å². The number of hydrogen-bond donors (Lipinski definition) is 3. The quantitative estimate of drug-likeness (QED) is 0.642. The van der Waals surface area contributed by atoms with E-state index in [4.69, 9.17) is 16.3 Å². The van der Waals surface area contributed by atoms with E-state index in [2.05, 4.69) is 21.2 Å². The van der Waals surface area contributed by atoms with Crippen LogP contribution in [0, 0.1) is 0 Å². The standard InChI is InChI=1S/C18H17ClN4O3S/c1-26-14-8-7-12(9-13(14)19)20-16(24)10-15-17(25)21-18(27-15)23-22-11-5-3-2-4-6-11/h2-9,15,22H,10H2,1H3,(H,20,24)(H,21,23,25)/t15-/m0/s1. The van der Waals surface area contributed by atoms with Gasteiger partial charge in [-0.1, -0.05) is 41.6 Å². The number of halogens is 1. The lowest BCUT2D eigenvalue weighted by Crippen LogP contribution is -2.28. The predicted molar refractivity (Wildman–Crippen MR) is 108 cm³/mol. The van der Waals surface area contributed by atoms with Crippen LogP contribution in [-0.2, 0) is 9.59 Å². The van der Waals surface area contributed by atoms with Gasteiger partial charge in [-0.05, 0) is 30.3 Å². The van der Waals surface area contributed by atoms with E-state index >= 15 is 0 Å². The maximum Gasteiger partial charge on any atom is 0.240 e. The van der Waals surface area contributed by atoms with Gasteiger partial charge in [-0.3, -0.25) is 15.0 Å². The van der Waals surface area contributed by atoms with Crippen LogP contribution < -0.4 is 20.8 Å². The maximum absolute atomic E-state index is 12.2. The molecule has 0 unspecified atom stereocenters. The molecule has 2 aromatic carbocycles. The summed E-state index contributed by atoms with van der Waals surface area (Å²) in [4.78, 5) is 24.3. The van der Waals surface area contributed by atoms with Crippen molar-refractivity contribution in [3.8, 4) is 5.75 Å². The first-order chi connectivity index (χ1) is 13.0. The summed E-state index contributed by atoms with van der Waals surface area (Å²) in [6.07, 6.45) is 0.0184. The normalized spacial score (nSPS) is 17.5. The Kier molecular flexibility index (Phi) is 6.20. The first-order valence-electron chi connectivity index (χ1n) is 8.05. The number of methoxy groups -OCH3 is 1. The number of nitrogens with zero attached hydrogens (tertiary/aromatic N) is 1. The summed E-state index contributed by atoms with van der Waals surface area (Å²) in [5, 5.41) is 9.81. The molecule has 9 heteroatoms. The van der Waals surface area contributed by atoms with E-state index in [0.29, 0.717) is 21.6 Å². The molecule has 1 heterocycles. The van der Waals surface area contributed by atoms with Crippen molar-refractivity contribution in [2.24, 2.45) is 5.10 Å². The fraction of sp³-hybridized carbons (Fsp3) is 0.167. The zero-order valence-corrected chi connectivity index (χ0v) is 15.9. The molecule has 3 N–H and O–H groups in total. The zero-order valence-electron chi connectivity index (χ0n) is 14.4. The van der Waals surface area contributed by atoms with Crippen LogP contribution in [-0.4, -0.2) is 29.3 Å². The van der Waals surface area contributed by atoms with Crippen molar-refractivity contribution in [1.29, 1.82) is 0 Å². The van der Waals surface area contributed by atoms with Crippen molar-refractivity contribution in [2.45, 2.75) is 11.7 Å². The highest BCUT2D eigenvalue weighted by Gasteiger charge is 2.32. The third-order valence-corrected chi connectivity index (χ3v) is 5.02. The van der Waals surface area contributed by atoms with Crippen molar-refractivity contribution in [1.82, 2.24) is 5.32 Å². The van der Waals surface area contributed by atoms with Gasteiger partial charge in [0.1, 0.15) is 11.0 Å². The van der Waals surface area contributed by atoms with Gasteiger partial charge >= 0.3 is 0 Å². The van der Waals surface area contributed by atoms with Crippen molar-refractivity contribution in [3.63, 3.8) is 0 Å². The van der Waals surface area contributed by atoms with Gasteiger partial charge in [0.25, 0.3) is 0 Å². The summed E-state index contributed by atoms with van der Waals surface area (Å²) >= 11 is 7.25. The summed E-state index contributed by atoms with van der Waals surface area (Å²) in [5.74, 6) is -0.0233. The van der Waals surface area contributed by atoms with E-state index in [0.717, 1.165) is 5.69 Å². The fourth-order valence-electron chi connectivity index (χ4n) is 2.34. The fourth-order valence-corrected chi connectivity index (χ4v) is 3.53. The van der Waals surface area contributed by atoms with E-state index in [1.807, 2.05) is 30.3 Å². The van der Waals surface area contributed by atoms with Gasteiger partial charge < -0.3 is 15.4 Å². The number of amides is 2. The summed E-state index contributed by atoms with van der Waals surface area (Å²) in [6.45, 7) is 0. The van der Waals surface area contributed by atoms with Crippen LogP contribution in [0.15, 0.2) is 53.6 Å². The Bertz CT molecular complexity index is 876.